The zero-order valence-corrected chi connectivity index (χ0v) is 12.4. The molecule has 0 amide bonds. The number of Topliss-reactive ketones (excluding diaryl/α,β-unsaturated/α-hetero) is 2. The second kappa shape index (κ2) is 6.65. The van der Waals surface area contributed by atoms with Crippen LogP contribution in [0.4, 0.5) is 0 Å². The minimum atomic E-state index is -1.58. The zero-order chi connectivity index (χ0) is 15.4. The predicted molar refractivity (Wildman–Crippen MR) is 80.2 cm³/mol. The minimum Gasteiger partial charge on any atom is -0.475 e. The lowest BCUT2D eigenvalue weighted by molar-refractivity contribution is -0.148. The van der Waals surface area contributed by atoms with Crippen LogP contribution in [-0.2, 0) is 16.0 Å². The zero-order valence-electron chi connectivity index (χ0n) is 10.8. The molecule has 2 aromatic rings. The summed E-state index contributed by atoms with van der Waals surface area (Å²) < 4.78 is 0. The third-order valence-electron chi connectivity index (χ3n) is 2.79. The number of hydrogen-bond acceptors (Lipinski definition) is 4. The Kier molecular flexibility index (Phi) is 4.88. The molecule has 0 aliphatic heterocycles. The molecule has 0 atom stereocenters. The number of aliphatic carboxylic acids is 1. The van der Waals surface area contributed by atoms with Crippen molar-refractivity contribution in [1.29, 1.82) is 0 Å². The van der Waals surface area contributed by atoms with Gasteiger partial charge in [-0.3, -0.25) is 9.59 Å². The highest BCUT2D eigenvalue weighted by Crippen LogP contribution is 2.22. The van der Waals surface area contributed by atoms with Crippen molar-refractivity contribution in [2.24, 2.45) is 0 Å². The summed E-state index contributed by atoms with van der Waals surface area (Å²) in [7, 11) is 0. The molecule has 0 radical (unpaired) electrons. The summed E-state index contributed by atoms with van der Waals surface area (Å²) in [6.07, 6.45) is 0.0538. The van der Waals surface area contributed by atoms with E-state index in [0.29, 0.717) is 16.3 Å². The maximum atomic E-state index is 11.8. The van der Waals surface area contributed by atoms with Crippen molar-refractivity contribution < 1.29 is 19.5 Å². The molecule has 0 unspecified atom stereocenters. The van der Waals surface area contributed by atoms with Crippen molar-refractivity contribution >= 4 is 40.5 Å². The molecule has 0 bridgehead atoms. The van der Waals surface area contributed by atoms with Gasteiger partial charge in [-0.15, -0.1) is 11.3 Å². The van der Waals surface area contributed by atoms with Crippen LogP contribution in [0.15, 0.2) is 36.4 Å². The van der Waals surface area contributed by atoms with E-state index in [2.05, 4.69) is 0 Å². The largest absolute Gasteiger partial charge is 0.475 e. The molecule has 0 fully saturated rings. The first-order valence-corrected chi connectivity index (χ1v) is 7.27. The molecule has 1 aromatic heterocycles. The second-order valence-electron chi connectivity index (χ2n) is 4.40. The molecule has 1 heterocycles. The molecule has 6 heteroatoms. The smallest absolute Gasteiger partial charge is 0.372 e. The van der Waals surface area contributed by atoms with Crippen molar-refractivity contribution in [3.05, 3.63) is 56.7 Å². The Morgan fingerprint density at radius 1 is 1.05 bits per heavy atom. The van der Waals surface area contributed by atoms with E-state index in [-0.39, 0.29) is 0 Å². The molecular formula is C15H11ClO4S. The van der Waals surface area contributed by atoms with E-state index < -0.39 is 24.0 Å². The van der Waals surface area contributed by atoms with Crippen molar-refractivity contribution in [2.75, 3.05) is 0 Å². The lowest BCUT2D eigenvalue weighted by atomic mass is 10.1. The molecule has 1 aromatic carbocycles. The molecule has 0 saturated carbocycles. The van der Waals surface area contributed by atoms with E-state index in [1.807, 2.05) is 12.1 Å². The van der Waals surface area contributed by atoms with Gasteiger partial charge in [0.25, 0.3) is 0 Å². The fourth-order valence-electron chi connectivity index (χ4n) is 1.73. The Balaban J connectivity index is 2.04. The van der Waals surface area contributed by atoms with E-state index in [1.54, 1.807) is 24.3 Å². The fraction of sp³-hybridized carbons (Fsp3) is 0.133. The van der Waals surface area contributed by atoms with Gasteiger partial charge in [-0.2, -0.15) is 0 Å². The van der Waals surface area contributed by atoms with Gasteiger partial charge in [-0.1, -0.05) is 23.7 Å². The number of hydrogen-bond donors (Lipinski definition) is 1. The molecule has 0 aliphatic carbocycles. The average Bonchev–Trinajstić information content (AvgIpc) is 2.90. The monoisotopic (exact) mass is 322 g/mol. The number of carboxylic acids is 1. The van der Waals surface area contributed by atoms with Crippen LogP contribution in [0.2, 0.25) is 5.02 Å². The van der Waals surface area contributed by atoms with Gasteiger partial charge >= 0.3 is 5.97 Å². The maximum Gasteiger partial charge on any atom is 0.372 e. The lowest BCUT2D eigenvalue weighted by Gasteiger charge is -1.98. The highest BCUT2D eigenvalue weighted by Gasteiger charge is 2.19. The Bertz CT molecular complexity index is 688. The van der Waals surface area contributed by atoms with Crippen molar-refractivity contribution in [2.45, 2.75) is 12.8 Å². The SMILES string of the molecule is O=C(O)C(=O)CC(=O)c1ccc(Cc2ccc(Cl)cc2)s1. The third kappa shape index (κ3) is 4.24. The molecule has 2 rings (SSSR count). The second-order valence-corrected chi connectivity index (χ2v) is 6.00. The van der Waals surface area contributed by atoms with Gasteiger partial charge in [0.1, 0.15) is 0 Å². The summed E-state index contributed by atoms with van der Waals surface area (Å²) in [5.74, 6) is -3.14. The minimum absolute atomic E-state index is 0.397. The van der Waals surface area contributed by atoms with Gasteiger partial charge in [0.05, 0.1) is 11.3 Å². The summed E-state index contributed by atoms with van der Waals surface area (Å²) in [6, 6.07) is 10.8. The first-order chi connectivity index (χ1) is 9.95. The third-order valence-corrected chi connectivity index (χ3v) is 4.17. The number of thiophene rings is 1. The van der Waals surface area contributed by atoms with Gasteiger partial charge in [-0.25, -0.2) is 4.79 Å². The Labute approximate surface area is 130 Å². The highest BCUT2D eigenvalue weighted by atomic mass is 35.5. The van der Waals surface area contributed by atoms with Gasteiger partial charge < -0.3 is 5.11 Å². The van der Waals surface area contributed by atoms with Crippen LogP contribution in [0, 0.1) is 0 Å². The summed E-state index contributed by atoms with van der Waals surface area (Å²) in [5.41, 5.74) is 1.06. The van der Waals surface area contributed by atoms with Crippen LogP contribution in [0.5, 0.6) is 0 Å². The summed E-state index contributed by atoms with van der Waals surface area (Å²) in [4.78, 5) is 34.6. The Morgan fingerprint density at radius 3 is 2.33 bits per heavy atom. The number of benzene rings is 1. The van der Waals surface area contributed by atoms with Crippen LogP contribution in [0.1, 0.15) is 26.5 Å². The number of carbonyl (C=O) groups excluding carboxylic acids is 2. The predicted octanol–water partition coefficient (Wildman–Crippen LogP) is 3.22. The van der Waals surface area contributed by atoms with E-state index in [0.717, 1.165) is 10.4 Å². The first kappa shape index (κ1) is 15.4. The number of rotatable bonds is 6. The molecule has 0 aliphatic rings. The van der Waals surface area contributed by atoms with E-state index in [4.69, 9.17) is 16.7 Å². The van der Waals surface area contributed by atoms with Gasteiger partial charge in [0, 0.05) is 16.3 Å². The average molecular weight is 323 g/mol. The molecule has 21 heavy (non-hydrogen) atoms. The summed E-state index contributed by atoms with van der Waals surface area (Å²) in [5, 5.41) is 9.15. The Morgan fingerprint density at radius 2 is 1.71 bits per heavy atom. The van der Waals surface area contributed by atoms with Gasteiger partial charge in [-0.05, 0) is 29.8 Å². The van der Waals surface area contributed by atoms with Crippen LogP contribution < -0.4 is 0 Å². The topological polar surface area (TPSA) is 71.4 Å². The van der Waals surface area contributed by atoms with Crippen LogP contribution >= 0.6 is 22.9 Å². The Hall–Kier alpha value is -1.98. The quantitative estimate of drug-likeness (QED) is 0.503. The molecular weight excluding hydrogens is 312 g/mol. The van der Waals surface area contributed by atoms with Crippen molar-refractivity contribution in [1.82, 2.24) is 0 Å². The van der Waals surface area contributed by atoms with Crippen LogP contribution in [0.3, 0.4) is 0 Å². The maximum absolute atomic E-state index is 11.8. The number of ketones is 2. The fourth-order valence-corrected chi connectivity index (χ4v) is 2.84. The lowest BCUT2D eigenvalue weighted by Crippen LogP contribution is -2.16. The molecule has 4 nitrogen and oxygen atoms in total. The van der Waals surface area contributed by atoms with Gasteiger partial charge in [0.2, 0.25) is 5.78 Å². The van der Waals surface area contributed by atoms with Crippen molar-refractivity contribution in [3.63, 3.8) is 0 Å². The van der Waals surface area contributed by atoms with E-state index >= 15 is 0 Å². The van der Waals surface area contributed by atoms with Crippen LogP contribution in [-0.4, -0.2) is 22.6 Å². The molecule has 108 valence electrons. The molecule has 0 spiro atoms. The van der Waals surface area contributed by atoms with E-state index in [9.17, 15) is 14.4 Å². The van der Waals surface area contributed by atoms with Gasteiger partial charge in [0.15, 0.2) is 5.78 Å². The molecule has 0 saturated heterocycles. The van der Waals surface area contributed by atoms with Crippen molar-refractivity contribution in [3.8, 4) is 0 Å². The normalized spacial score (nSPS) is 10.3. The highest BCUT2D eigenvalue weighted by molar-refractivity contribution is 7.14. The number of carbonyl (C=O) groups is 3. The number of carboxylic acid groups (broad SMARTS) is 1. The standard InChI is InChI=1S/C15H11ClO4S/c16-10-3-1-9(2-4-10)7-11-5-6-14(21-11)12(17)8-13(18)15(19)20/h1-6H,7-8H2,(H,19,20). The number of halogens is 1. The van der Waals surface area contributed by atoms with E-state index in [1.165, 1.54) is 11.3 Å². The first-order valence-electron chi connectivity index (χ1n) is 6.08. The molecule has 1 N–H and O–H groups in total. The summed E-state index contributed by atoms with van der Waals surface area (Å²) in [6.45, 7) is 0. The summed E-state index contributed by atoms with van der Waals surface area (Å²) >= 11 is 7.08. The van der Waals surface area contributed by atoms with Crippen LogP contribution in [0.25, 0.3) is 0 Å².